The molecule has 4 aromatic rings. The van der Waals surface area contributed by atoms with Crippen molar-refractivity contribution in [1.29, 1.82) is 0 Å². The molecule has 2 aliphatic heterocycles. The lowest BCUT2D eigenvalue weighted by Crippen LogP contribution is -2.52. The van der Waals surface area contributed by atoms with E-state index in [-0.39, 0.29) is 5.91 Å². The number of anilines is 3. The predicted molar refractivity (Wildman–Crippen MR) is 194 cm³/mol. The quantitative estimate of drug-likeness (QED) is 0.233. The lowest BCUT2D eigenvalue weighted by Gasteiger charge is -2.37. The first-order valence-electron chi connectivity index (χ1n) is 17.2. The minimum absolute atomic E-state index is 0.0577. The normalized spacial score (nSPS) is 18.6. The molecular formula is C36H49N9O3S. The molecule has 2 fully saturated rings. The Kier molecular flexibility index (Phi) is 10.2. The fourth-order valence-electron chi connectivity index (χ4n) is 6.37. The molecule has 0 aliphatic carbocycles. The molecule has 2 N–H and O–H groups in total. The first-order valence-corrected chi connectivity index (χ1v) is 18.4. The van der Waals surface area contributed by atoms with Gasteiger partial charge in [0.15, 0.2) is 5.82 Å². The van der Waals surface area contributed by atoms with E-state index in [4.69, 9.17) is 4.74 Å². The number of nitrogens with one attached hydrogen (secondary N) is 2. The lowest BCUT2D eigenvalue weighted by atomic mass is 9.94. The van der Waals surface area contributed by atoms with Gasteiger partial charge in [0.1, 0.15) is 23.7 Å². The summed E-state index contributed by atoms with van der Waals surface area (Å²) >= 11 is 0. The molecule has 2 aliphatic rings. The van der Waals surface area contributed by atoms with Gasteiger partial charge in [0.25, 0.3) is 5.91 Å². The minimum Gasteiger partial charge on any atom is -0.492 e. The van der Waals surface area contributed by atoms with Crippen LogP contribution in [0.4, 0.5) is 17.5 Å². The molecule has 262 valence electrons. The Labute approximate surface area is 291 Å². The second-order valence-corrected chi connectivity index (χ2v) is 16.6. The third kappa shape index (κ3) is 7.72. The van der Waals surface area contributed by atoms with Crippen molar-refractivity contribution in [2.45, 2.75) is 76.5 Å². The van der Waals surface area contributed by atoms with Crippen molar-refractivity contribution in [2.24, 2.45) is 5.92 Å². The first kappa shape index (κ1) is 34.8. The summed E-state index contributed by atoms with van der Waals surface area (Å²) in [6.07, 6.45) is 6.19. The molecule has 12 nitrogen and oxygen atoms in total. The Morgan fingerprint density at radius 3 is 2.49 bits per heavy atom. The number of carbonyl (C=O) groups is 1. The number of amides is 1. The zero-order valence-corrected chi connectivity index (χ0v) is 30.6. The molecule has 49 heavy (non-hydrogen) atoms. The number of aromatic amines is 1. The van der Waals surface area contributed by atoms with Crippen LogP contribution in [0.15, 0.2) is 41.7 Å². The van der Waals surface area contributed by atoms with E-state index in [0.29, 0.717) is 51.9 Å². The Morgan fingerprint density at radius 2 is 1.84 bits per heavy atom. The second kappa shape index (κ2) is 14.4. The van der Waals surface area contributed by atoms with Gasteiger partial charge in [-0.15, -0.1) is 0 Å². The highest BCUT2D eigenvalue weighted by Gasteiger charge is 2.28. The van der Waals surface area contributed by atoms with Crippen LogP contribution in [0.5, 0.6) is 5.75 Å². The Morgan fingerprint density at radius 1 is 1.06 bits per heavy atom. The number of likely N-dealkylation sites (N-methyl/N-ethyl adjacent to an activating group) is 1. The average Bonchev–Trinajstić information content (AvgIpc) is 3.41. The zero-order chi connectivity index (χ0) is 34.9. The summed E-state index contributed by atoms with van der Waals surface area (Å²) in [7, 11) is 0.767. The van der Waals surface area contributed by atoms with Gasteiger partial charge in [-0.05, 0) is 92.0 Å². The first-order chi connectivity index (χ1) is 23.4. The summed E-state index contributed by atoms with van der Waals surface area (Å²) in [6.45, 7) is 16.7. The van der Waals surface area contributed by atoms with E-state index in [1.807, 2.05) is 63.8 Å². The number of pyridine rings is 1. The molecule has 2 atom stereocenters. The SMILES string of the molecule is Cc1[nH]nc(Nc2ncnc3cc(OCCC4CCN(c5ccc(C(=O)N6CCN(C)[C@H](C)C6)cn5)CC4)c(S(=O)C(C)(C)C)cc23)c1C. The predicted octanol–water partition coefficient (Wildman–Crippen LogP) is 5.48. The van der Waals surface area contributed by atoms with E-state index in [0.717, 1.165) is 74.4 Å². The lowest BCUT2D eigenvalue weighted by molar-refractivity contribution is 0.0572. The third-order valence-electron chi connectivity index (χ3n) is 9.91. The molecule has 0 radical (unpaired) electrons. The van der Waals surface area contributed by atoms with Gasteiger partial charge in [0, 0.05) is 72.4 Å². The third-order valence-corrected chi connectivity index (χ3v) is 11.7. The van der Waals surface area contributed by atoms with Crippen molar-refractivity contribution in [3.63, 3.8) is 0 Å². The van der Waals surface area contributed by atoms with Crippen LogP contribution in [0.1, 0.15) is 68.6 Å². The topological polar surface area (TPSA) is 132 Å². The monoisotopic (exact) mass is 687 g/mol. The number of rotatable bonds is 9. The molecule has 6 rings (SSSR count). The maximum Gasteiger partial charge on any atom is 0.255 e. The average molecular weight is 688 g/mol. The number of hydrogen-bond donors (Lipinski definition) is 2. The van der Waals surface area contributed by atoms with Gasteiger partial charge in [0.2, 0.25) is 0 Å². The number of carbonyl (C=O) groups excluding carboxylic acids is 1. The fraction of sp³-hybridized carbons (Fsp3) is 0.528. The number of piperidine rings is 1. The van der Waals surface area contributed by atoms with Crippen molar-refractivity contribution < 1.29 is 13.7 Å². The number of benzene rings is 1. The van der Waals surface area contributed by atoms with E-state index >= 15 is 0 Å². The van der Waals surface area contributed by atoms with Crippen molar-refractivity contribution in [2.75, 3.05) is 56.6 Å². The van der Waals surface area contributed by atoms with Gasteiger partial charge in [-0.25, -0.2) is 15.0 Å². The number of nitrogens with zero attached hydrogens (tertiary/aromatic N) is 7. The van der Waals surface area contributed by atoms with E-state index in [9.17, 15) is 9.00 Å². The summed E-state index contributed by atoms with van der Waals surface area (Å²) in [4.78, 5) is 33.9. The van der Waals surface area contributed by atoms with Crippen LogP contribution in [0.3, 0.4) is 0 Å². The Hall–Kier alpha value is -4.10. The summed E-state index contributed by atoms with van der Waals surface area (Å²) in [6, 6.07) is 8.04. The van der Waals surface area contributed by atoms with Crippen LogP contribution in [0.2, 0.25) is 0 Å². The molecule has 0 spiro atoms. The standard InChI is InChI=1S/C36H49N9O3S/c1-23-21-45(16-15-43(23)7)35(46)27-8-9-32(37-20-27)44-13-10-26(11-14-44)12-17-48-30-19-29-28(18-31(30)49(47)36(4,5)6)34(39-22-38-29)40-33-24(2)25(3)41-42-33/h8-9,18-20,22-23,26H,10-17,21H2,1-7H3,(H2,38,39,40,41,42)/t23-,49?/m1/s1. The van der Waals surface area contributed by atoms with Crippen LogP contribution >= 0.6 is 0 Å². The van der Waals surface area contributed by atoms with Crippen molar-refractivity contribution in [3.05, 3.63) is 53.6 Å². The largest absolute Gasteiger partial charge is 0.492 e. The van der Waals surface area contributed by atoms with Crippen LogP contribution < -0.4 is 15.0 Å². The minimum atomic E-state index is -1.34. The number of H-pyrrole nitrogens is 1. The van der Waals surface area contributed by atoms with Gasteiger partial charge in [-0.1, -0.05) is 0 Å². The number of hydrogen-bond acceptors (Lipinski definition) is 10. The van der Waals surface area contributed by atoms with Crippen molar-refractivity contribution in [1.82, 2.24) is 34.9 Å². The van der Waals surface area contributed by atoms with E-state index < -0.39 is 15.5 Å². The molecule has 0 saturated carbocycles. The molecular weight excluding hydrogens is 639 g/mol. The van der Waals surface area contributed by atoms with Crippen LogP contribution in [0.25, 0.3) is 10.9 Å². The van der Waals surface area contributed by atoms with E-state index in [1.165, 1.54) is 6.33 Å². The molecule has 1 aromatic carbocycles. The number of aromatic nitrogens is 5. The summed E-state index contributed by atoms with van der Waals surface area (Å²) in [5.74, 6) is 3.37. The van der Waals surface area contributed by atoms with Crippen LogP contribution in [-0.2, 0) is 10.8 Å². The number of ether oxygens (including phenoxy) is 1. The van der Waals surface area contributed by atoms with Crippen molar-refractivity contribution in [3.8, 4) is 5.75 Å². The smallest absolute Gasteiger partial charge is 0.255 e. The molecule has 5 heterocycles. The molecule has 1 amide bonds. The van der Waals surface area contributed by atoms with Gasteiger partial charge in [-0.2, -0.15) is 5.10 Å². The van der Waals surface area contributed by atoms with Crippen LogP contribution in [-0.4, -0.2) is 102 Å². The van der Waals surface area contributed by atoms with Gasteiger partial charge >= 0.3 is 0 Å². The van der Waals surface area contributed by atoms with Gasteiger partial charge < -0.3 is 24.8 Å². The molecule has 0 bridgehead atoms. The van der Waals surface area contributed by atoms with Crippen LogP contribution in [0, 0.1) is 19.8 Å². The van der Waals surface area contributed by atoms with Gasteiger partial charge in [-0.3, -0.25) is 14.1 Å². The molecule has 13 heteroatoms. The molecule has 1 unspecified atom stereocenters. The maximum atomic E-state index is 13.8. The Balaban J connectivity index is 1.07. The number of piperazine rings is 1. The fourth-order valence-corrected chi connectivity index (χ4v) is 7.56. The highest BCUT2D eigenvalue weighted by molar-refractivity contribution is 7.86. The van der Waals surface area contributed by atoms with Gasteiger partial charge in [0.05, 0.1) is 33.4 Å². The molecule has 2 saturated heterocycles. The highest BCUT2D eigenvalue weighted by atomic mass is 32.2. The van der Waals surface area contributed by atoms with E-state index in [1.54, 1.807) is 6.20 Å². The van der Waals surface area contributed by atoms with E-state index in [2.05, 4.69) is 54.2 Å². The maximum absolute atomic E-state index is 13.8. The highest BCUT2D eigenvalue weighted by Crippen LogP contribution is 2.36. The Bertz CT molecular complexity index is 1810. The zero-order valence-electron chi connectivity index (χ0n) is 29.7. The second-order valence-electron chi connectivity index (χ2n) is 14.4. The van der Waals surface area contributed by atoms with Crippen molar-refractivity contribution >= 4 is 45.1 Å². The summed E-state index contributed by atoms with van der Waals surface area (Å²) < 4.78 is 19.7. The number of aryl methyl sites for hydroxylation is 1. The molecule has 3 aromatic heterocycles. The summed E-state index contributed by atoms with van der Waals surface area (Å²) in [5.41, 5.74) is 3.34. The number of fused-ring (bicyclic) bond motifs is 1. The summed E-state index contributed by atoms with van der Waals surface area (Å²) in [5, 5.41) is 11.4.